The van der Waals surface area contributed by atoms with Gasteiger partial charge in [0.25, 0.3) is 5.89 Å². The van der Waals surface area contributed by atoms with Crippen molar-refractivity contribution in [3.05, 3.63) is 83.4 Å². The van der Waals surface area contributed by atoms with Crippen LogP contribution in [-0.2, 0) is 12.1 Å². The van der Waals surface area contributed by atoms with E-state index in [1.807, 2.05) is 35.9 Å². The fourth-order valence-corrected chi connectivity index (χ4v) is 3.78. The maximum atomic E-state index is 10.4. The number of aryl methyl sites for hydroxylation is 1. The van der Waals surface area contributed by atoms with Crippen LogP contribution in [0, 0.1) is 12.8 Å². The summed E-state index contributed by atoms with van der Waals surface area (Å²) in [6.07, 6.45) is 8.86. The average Bonchev–Trinajstić information content (AvgIpc) is 3.19. The van der Waals surface area contributed by atoms with Gasteiger partial charge >= 0.3 is 0 Å². The van der Waals surface area contributed by atoms with Crippen LogP contribution in [0.2, 0.25) is 0 Å². The average molecular weight is 445 g/mol. The molecule has 2 aromatic heterocycles. The highest BCUT2D eigenvalue weighted by molar-refractivity contribution is 5.68. The van der Waals surface area contributed by atoms with Gasteiger partial charge in [-0.1, -0.05) is 75.0 Å². The highest BCUT2D eigenvalue weighted by atomic mass is 16.5. The molecule has 0 bridgehead atoms. The number of rotatable bonds is 9. The van der Waals surface area contributed by atoms with E-state index in [4.69, 9.17) is 4.52 Å². The smallest absolute Gasteiger partial charge is 0.278 e. The van der Waals surface area contributed by atoms with Crippen molar-refractivity contribution in [2.24, 2.45) is 5.92 Å². The second-order valence-electron chi connectivity index (χ2n) is 9.11. The third-order valence-corrected chi connectivity index (χ3v) is 6.02. The van der Waals surface area contributed by atoms with Crippen LogP contribution in [0.15, 0.2) is 65.2 Å². The summed E-state index contributed by atoms with van der Waals surface area (Å²) in [4.78, 5) is 4.51. The Kier molecular flexibility index (Phi) is 6.47. The van der Waals surface area contributed by atoms with Crippen LogP contribution in [0.1, 0.15) is 62.7 Å². The molecule has 0 spiro atoms. The van der Waals surface area contributed by atoms with E-state index in [1.54, 1.807) is 0 Å². The summed E-state index contributed by atoms with van der Waals surface area (Å²) in [5, 5.41) is 19.2. The molecule has 3 aromatic rings. The molecular weight excluding hydrogens is 412 g/mol. The Balaban J connectivity index is 1.49. The number of hydrogen-bond donors (Lipinski definition) is 1. The fourth-order valence-electron chi connectivity index (χ4n) is 3.78. The van der Waals surface area contributed by atoms with E-state index in [-0.39, 0.29) is 0 Å². The van der Waals surface area contributed by atoms with Gasteiger partial charge < -0.3 is 9.63 Å². The van der Waals surface area contributed by atoms with E-state index in [0.29, 0.717) is 35.4 Å². The Hall–Kier alpha value is -3.25. The zero-order valence-corrected chi connectivity index (χ0v) is 19.9. The minimum absolute atomic E-state index is 0.371. The molecule has 4 rings (SSSR count). The topological polar surface area (TPSA) is 77.0 Å². The number of nitrogens with zero attached hydrogens (tertiary/aromatic N) is 4. The summed E-state index contributed by atoms with van der Waals surface area (Å²) < 4.78 is 7.40. The molecule has 6 nitrogen and oxygen atoms in total. The predicted molar refractivity (Wildman–Crippen MR) is 130 cm³/mol. The lowest BCUT2D eigenvalue weighted by Gasteiger charge is -2.10. The van der Waals surface area contributed by atoms with Crippen LogP contribution in [-0.4, -0.2) is 25.0 Å². The van der Waals surface area contributed by atoms with Crippen LogP contribution in [0.4, 0.5) is 0 Å². The van der Waals surface area contributed by atoms with Gasteiger partial charge in [-0.25, -0.2) is 0 Å². The predicted octanol–water partition coefficient (Wildman–Crippen LogP) is 5.83. The first-order chi connectivity index (χ1) is 15.8. The summed E-state index contributed by atoms with van der Waals surface area (Å²) in [6, 6.07) is 10.0. The molecule has 33 heavy (non-hydrogen) atoms. The Bertz CT molecular complexity index is 1210. The van der Waals surface area contributed by atoms with Gasteiger partial charge in [0.15, 0.2) is 5.69 Å². The van der Waals surface area contributed by atoms with Gasteiger partial charge in [0, 0.05) is 11.3 Å². The Labute approximate surface area is 195 Å². The molecule has 1 aromatic carbocycles. The van der Waals surface area contributed by atoms with Crippen LogP contribution in [0.5, 0.6) is 0 Å². The highest BCUT2D eigenvalue weighted by Gasteiger charge is 2.42. The molecule has 2 heterocycles. The first-order valence-corrected chi connectivity index (χ1v) is 11.6. The van der Waals surface area contributed by atoms with E-state index in [0.717, 1.165) is 36.1 Å². The third-order valence-electron chi connectivity index (χ3n) is 6.02. The van der Waals surface area contributed by atoms with E-state index in [1.165, 1.54) is 5.57 Å². The van der Waals surface area contributed by atoms with Crippen LogP contribution in [0.3, 0.4) is 0 Å². The molecular formula is C27H32N4O2. The van der Waals surface area contributed by atoms with Gasteiger partial charge in [0.05, 0.1) is 12.1 Å². The van der Waals surface area contributed by atoms with E-state index >= 15 is 0 Å². The highest BCUT2D eigenvalue weighted by Crippen LogP contribution is 2.45. The van der Waals surface area contributed by atoms with E-state index in [2.05, 4.69) is 66.9 Å². The second-order valence-corrected chi connectivity index (χ2v) is 9.11. The number of allylic oxidation sites excluding steroid dienone is 5. The van der Waals surface area contributed by atoms with Gasteiger partial charge in [-0.05, 0) is 54.9 Å². The molecule has 0 unspecified atom stereocenters. The lowest BCUT2D eigenvalue weighted by Crippen LogP contribution is -2.07. The van der Waals surface area contributed by atoms with Gasteiger partial charge in [-0.2, -0.15) is 10.1 Å². The van der Waals surface area contributed by atoms with Crippen LogP contribution < -0.4 is 0 Å². The molecule has 1 aliphatic rings. The molecule has 0 aliphatic heterocycles. The minimum Gasteiger partial charge on any atom is -0.385 e. The quantitative estimate of drug-likeness (QED) is 0.420. The van der Waals surface area contributed by atoms with Crippen molar-refractivity contribution in [2.45, 2.75) is 59.1 Å². The lowest BCUT2D eigenvalue weighted by atomic mass is 10.0. The number of hydrogen-bond acceptors (Lipinski definition) is 5. The van der Waals surface area contributed by atoms with Gasteiger partial charge in [-0.3, -0.25) is 4.68 Å². The normalized spacial score (nSPS) is 15.5. The standard InChI is InChI=1S/C27H32N4O2/c1-6-8-22(18(2)3)12-11-19(4)25-28-26(33-30-25)24-15-20(5)31(29-24)17-21-9-7-10-23(16-21)27(32)13-14-27/h7-12,15-16,18,32H,4,6,13-14,17H2,1-3,5H3. The Morgan fingerprint density at radius 2 is 2.06 bits per heavy atom. The first-order valence-electron chi connectivity index (χ1n) is 11.6. The molecule has 1 fully saturated rings. The van der Waals surface area contributed by atoms with Crippen molar-refractivity contribution in [2.75, 3.05) is 0 Å². The van der Waals surface area contributed by atoms with Gasteiger partial charge in [0.2, 0.25) is 5.82 Å². The van der Waals surface area contributed by atoms with Crippen molar-refractivity contribution < 1.29 is 9.63 Å². The number of aromatic nitrogens is 4. The maximum absolute atomic E-state index is 10.4. The lowest BCUT2D eigenvalue weighted by molar-refractivity contribution is 0.151. The van der Waals surface area contributed by atoms with E-state index in [9.17, 15) is 5.11 Å². The molecule has 1 aliphatic carbocycles. The fraction of sp³-hybridized carbons (Fsp3) is 0.370. The maximum Gasteiger partial charge on any atom is 0.278 e. The SMILES string of the molecule is C=C(C=CC(=CCC)C(C)C)c1noc(-c2cc(C)n(Cc3cccc(C4(O)CC4)c3)n2)n1. The molecule has 1 saturated carbocycles. The molecule has 0 atom stereocenters. The molecule has 172 valence electrons. The van der Waals surface area contributed by atoms with Crippen molar-refractivity contribution >= 4 is 5.57 Å². The van der Waals surface area contributed by atoms with Crippen LogP contribution >= 0.6 is 0 Å². The Morgan fingerprint density at radius 1 is 1.27 bits per heavy atom. The summed E-state index contributed by atoms with van der Waals surface area (Å²) in [5.74, 6) is 1.27. The van der Waals surface area contributed by atoms with Crippen molar-refractivity contribution in [3.63, 3.8) is 0 Å². The monoisotopic (exact) mass is 444 g/mol. The van der Waals surface area contributed by atoms with Crippen molar-refractivity contribution in [1.29, 1.82) is 0 Å². The molecule has 0 radical (unpaired) electrons. The van der Waals surface area contributed by atoms with Gasteiger partial charge in [-0.15, -0.1) is 0 Å². The summed E-state index contributed by atoms with van der Waals surface area (Å²) in [5.41, 5.74) is 5.01. The molecule has 6 heteroatoms. The zero-order chi connectivity index (χ0) is 23.6. The molecule has 0 saturated heterocycles. The summed E-state index contributed by atoms with van der Waals surface area (Å²) >= 11 is 0. The van der Waals surface area contributed by atoms with E-state index < -0.39 is 5.60 Å². The number of benzene rings is 1. The number of aliphatic hydroxyl groups is 1. The van der Waals surface area contributed by atoms with Crippen molar-refractivity contribution in [3.8, 4) is 11.6 Å². The second kappa shape index (κ2) is 9.32. The van der Waals surface area contributed by atoms with Gasteiger partial charge in [0.1, 0.15) is 0 Å². The Morgan fingerprint density at radius 3 is 2.76 bits per heavy atom. The molecule has 1 N–H and O–H groups in total. The van der Waals surface area contributed by atoms with Crippen LogP contribution in [0.25, 0.3) is 17.2 Å². The largest absolute Gasteiger partial charge is 0.385 e. The minimum atomic E-state index is -0.639. The summed E-state index contributed by atoms with van der Waals surface area (Å²) in [7, 11) is 0. The third kappa shape index (κ3) is 5.22. The molecule has 0 amide bonds. The first kappa shape index (κ1) is 22.9. The van der Waals surface area contributed by atoms with Crippen molar-refractivity contribution in [1.82, 2.24) is 19.9 Å². The summed E-state index contributed by atoms with van der Waals surface area (Å²) in [6.45, 7) is 13.2. The zero-order valence-electron chi connectivity index (χ0n) is 19.9.